The number of carbonyl (C=O) groups is 2. The number of para-hydroxylation sites is 1. The summed E-state index contributed by atoms with van der Waals surface area (Å²) >= 11 is 6.03. The molecular weight excluding hydrogens is 288 g/mol. The zero-order valence-corrected chi connectivity index (χ0v) is 12.2. The molecule has 1 aliphatic heterocycles. The van der Waals surface area contributed by atoms with Crippen LogP contribution < -0.4 is 9.80 Å². The molecule has 4 nitrogen and oxygen atoms in total. The molecule has 2 aromatic carbocycles. The number of halogens is 1. The van der Waals surface area contributed by atoms with Gasteiger partial charge in [-0.15, -0.1) is 0 Å². The predicted molar refractivity (Wildman–Crippen MR) is 83.1 cm³/mol. The smallest absolute Gasteiger partial charge is 0.241 e. The molecule has 2 amide bonds. The van der Waals surface area contributed by atoms with Crippen LogP contribution in [0.1, 0.15) is 6.42 Å². The van der Waals surface area contributed by atoms with E-state index in [4.69, 9.17) is 11.6 Å². The third-order valence-corrected chi connectivity index (χ3v) is 3.72. The van der Waals surface area contributed by atoms with Crippen molar-refractivity contribution in [1.82, 2.24) is 0 Å². The summed E-state index contributed by atoms with van der Waals surface area (Å²) in [6.07, 6.45) is -0.169. The van der Waals surface area contributed by atoms with Crippen LogP contribution in [0.3, 0.4) is 0 Å². The van der Waals surface area contributed by atoms with Crippen molar-refractivity contribution >= 4 is 40.5 Å². The third kappa shape index (κ3) is 2.38. The lowest BCUT2D eigenvalue weighted by Crippen LogP contribution is -2.28. The van der Waals surface area contributed by atoms with Gasteiger partial charge in [-0.1, -0.05) is 29.8 Å². The number of carbonyl (C=O) groups excluding carboxylic acids is 2. The largest absolute Gasteiger partial charge is 0.313 e. The highest BCUT2D eigenvalue weighted by Gasteiger charge is 2.30. The zero-order valence-electron chi connectivity index (χ0n) is 11.4. The van der Waals surface area contributed by atoms with Gasteiger partial charge in [-0.25, -0.2) is 0 Å². The summed E-state index contributed by atoms with van der Waals surface area (Å²) < 4.78 is 0. The van der Waals surface area contributed by atoms with Crippen LogP contribution >= 0.6 is 11.6 Å². The van der Waals surface area contributed by atoms with Gasteiger partial charge < -0.3 is 4.90 Å². The summed E-state index contributed by atoms with van der Waals surface area (Å²) in [7, 11) is 1.65. The van der Waals surface area contributed by atoms with Gasteiger partial charge in [0.05, 0.1) is 11.4 Å². The fourth-order valence-corrected chi connectivity index (χ4v) is 2.58. The second kappa shape index (κ2) is 5.22. The fraction of sp³-hybridized carbons (Fsp3) is 0.125. The number of anilines is 3. The quantitative estimate of drug-likeness (QED) is 0.758. The van der Waals surface area contributed by atoms with E-state index in [1.165, 1.54) is 4.90 Å². The van der Waals surface area contributed by atoms with E-state index in [0.29, 0.717) is 16.4 Å². The van der Waals surface area contributed by atoms with Crippen molar-refractivity contribution in [2.75, 3.05) is 16.8 Å². The predicted octanol–water partition coefficient (Wildman–Crippen LogP) is 3.37. The highest BCUT2D eigenvalue weighted by Crippen LogP contribution is 2.38. The Morgan fingerprint density at radius 1 is 0.952 bits per heavy atom. The lowest BCUT2D eigenvalue weighted by atomic mass is 10.2. The minimum atomic E-state index is -0.251. The molecule has 0 bridgehead atoms. The van der Waals surface area contributed by atoms with Gasteiger partial charge in [0.25, 0.3) is 0 Å². The Hall–Kier alpha value is -2.33. The van der Waals surface area contributed by atoms with Crippen LogP contribution in [0.2, 0.25) is 5.02 Å². The first kappa shape index (κ1) is 13.6. The molecule has 106 valence electrons. The van der Waals surface area contributed by atoms with E-state index in [1.807, 2.05) is 30.3 Å². The summed E-state index contributed by atoms with van der Waals surface area (Å²) in [5, 5.41) is 0.524. The molecule has 0 spiro atoms. The molecule has 0 aliphatic carbocycles. The Labute approximate surface area is 127 Å². The first-order chi connectivity index (χ1) is 10.1. The highest BCUT2D eigenvalue weighted by molar-refractivity contribution is 6.31. The van der Waals surface area contributed by atoms with Crippen molar-refractivity contribution in [1.29, 1.82) is 0 Å². The van der Waals surface area contributed by atoms with Crippen LogP contribution in [0.15, 0.2) is 48.5 Å². The molecule has 1 heterocycles. The number of amides is 2. The first-order valence-corrected chi connectivity index (χ1v) is 6.90. The van der Waals surface area contributed by atoms with Crippen LogP contribution in [0, 0.1) is 0 Å². The Bertz CT molecular complexity index is 715. The summed E-state index contributed by atoms with van der Waals surface area (Å²) in [5.74, 6) is -0.499. The number of fused-ring (bicyclic) bond motifs is 1. The van der Waals surface area contributed by atoms with Crippen LogP contribution in [0.25, 0.3) is 0 Å². The Kier molecular flexibility index (Phi) is 3.39. The molecule has 5 heteroatoms. The maximum Gasteiger partial charge on any atom is 0.241 e. The third-order valence-electron chi connectivity index (χ3n) is 3.48. The maximum atomic E-state index is 12.5. The van der Waals surface area contributed by atoms with E-state index in [0.717, 1.165) is 5.69 Å². The van der Waals surface area contributed by atoms with Gasteiger partial charge in [0.1, 0.15) is 6.42 Å². The molecule has 0 aromatic heterocycles. The molecule has 2 aromatic rings. The van der Waals surface area contributed by atoms with Gasteiger partial charge in [-0.2, -0.15) is 0 Å². The second-order valence-corrected chi connectivity index (χ2v) is 5.26. The molecule has 0 saturated carbocycles. The van der Waals surface area contributed by atoms with E-state index >= 15 is 0 Å². The standard InChI is InChI=1S/C16H13ClN2O2/c1-18-14-9-11(17)7-8-13(14)19(16(21)10-15(18)20)12-5-3-2-4-6-12/h2-9H,10H2,1H3. The highest BCUT2D eigenvalue weighted by atomic mass is 35.5. The van der Waals surface area contributed by atoms with Crippen LogP contribution in [0.4, 0.5) is 17.1 Å². The minimum absolute atomic E-state index is 0.169. The number of rotatable bonds is 1. The van der Waals surface area contributed by atoms with E-state index in [-0.39, 0.29) is 18.2 Å². The van der Waals surface area contributed by atoms with Crippen molar-refractivity contribution < 1.29 is 9.59 Å². The van der Waals surface area contributed by atoms with Crippen molar-refractivity contribution in [3.8, 4) is 0 Å². The van der Waals surface area contributed by atoms with Crippen LogP contribution in [-0.2, 0) is 9.59 Å². The molecule has 0 fully saturated rings. The van der Waals surface area contributed by atoms with Gasteiger partial charge in [-0.05, 0) is 30.3 Å². The molecule has 0 atom stereocenters. The lowest BCUT2D eigenvalue weighted by molar-refractivity contribution is -0.125. The second-order valence-electron chi connectivity index (χ2n) is 4.83. The van der Waals surface area contributed by atoms with Crippen LogP contribution in [-0.4, -0.2) is 18.9 Å². The monoisotopic (exact) mass is 300 g/mol. The molecule has 0 N–H and O–H groups in total. The average molecular weight is 301 g/mol. The number of nitrogens with zero attached hydrogens (tertiary/aromatic N) is 2. The minimum Gasteiger partial charge on any atom is -0.313 e. The number of hydrogen-bond donors (Lipinski definition) is 0. The SMILES string of the molecule is CN1C(=O)CC(=O)N(c2ccccc2)c2ccc(Cl)cc21. The van der Waals surface area contributed by atoms with Gasteiger partial charge in [-0.3, -0.25) is 14.5 Å². The van der Waals surface area contributed by atoms with Gasteiger partial charge in [0.15, 0.2) is 0 Å². The normalized spacial score (nSPS) is 15.0. The van der Waals surface area contributed by atoms with Gasteiger partial charge >= 0.3 is 0 Å². The Morgan fingerprint density at radius 3 is 2.38 bits per heavy atom. The van der Waals surface area contributed by atoms with E-state index in [1.54, 1.807) is 30.1 Å². The summed E-state index contributed by atoms with van der Waals surface area (Å²) in [4.78, 5) is 27.6. The molecule has 3 rings (SSSR count). The van der Waals surface area contributed by atoms with Crippen molar-refractivity contribution in [3.05, 3.63) is 53.6 Å². The van der Waals surface area contributed by atoms with Crippen molar-refractivity contribution in [2.24, 2.45) is 0 Å². The topological polar surface area (TPSA) is 40.6 Å². The molecule has 21 heavy (non-hydrogen) atoms. The van der Waals surface area contributed by atoms with E-state index < -0.39 is 0 Å². The van der Waals surface area contributed by atoms with E-state index in [2.05, 4.69) is 0 Å². The summed E-state index contributed by atoms with van der Waals surface area (Å²) in [5.41, 5.74) is 2.01. The van der Waals surface area contributed by atoms with E-state index in [9.17, 15) is 9.59 Å². The molecule has 1 aliphatic rings. The molecular formula is C16H13ClN2O2. The number of benzene rings is 2. The van der Waals surface area contributed by atoms with Crippen molar-refractivity contribution in [3.63, 3.8) is 0 Å². The van der Waals surface area contributed by atoms with Crippen LogP contribution in [0.5, 0.6) is 0 Å². The summed E-state index contributed by atoms with van der Waals surface area (Å²) in [6.45, 7) is 0. The van der Waals surface area contributed by atoms with Gasteiger partial charge in [0.2, 0.25) is 11.8 Å². The number of hydrogen-bond acceptors (Lipinski definition) is 2. The zero-order chi connectivity index (χ0) is 15.0. The molecule has 0 saturated heterocycles. The maximum absolute atomic E-state index is 12.5. The Balaban J connectivity index is 2.23. The molecule has 0 unspecified atom stereocenters. The fourth-order valence-electron chi connectivity index (χ4n) is 2.41. The van der Waals surface area contributed by atoms with Crippen molar-refractivity contribution in [2.45, 2.75) is 6.42 Å². The first-order valence-electron chi connectivity index (χ1n) is 6.52. The van der Waals surface area contributed by atoms with Gasteiger partial charge in [0, 0.05) is 17.8 Å². The summed E-state index contributed by atoms with van der Waals surface area (Å²) in [6, 6.07) is 14.4. The lowest BCUT2D eigenvalue weighted by Gasteiger charge is -2.24. The molecule has 0 radical (unpaired) electrons. The average Bonchev–Trinajstić information content (AvgIpc) is 2.57. The Morgan fingerprint density at radius 2 is 1.67 bits per heavy atom.